The second-order valence-electron chi connectivity index (χ2n) is 5.39. The summed E-state index contributed by atoms with van der Waals surface area (Å²) in [6.07, 6.45) is 4.60. The highest BCUT2D eigenvalue weighted by Gasteiger charge is 2.21. The molecule has 0 aromatic carbocycles. The lowest BCUT2D eigenvalue weighted by atomic mass is 10.1. The number of amides is 1. The summed E-state index contributed by atoms with van der Waals surface area (Å²) in [4.78, 5) is 16.4. The van der Waals surface area contributed by atoms with Gasteiger partial charge in [-0.05, 0) is 45.2 Å². The maximum atomic E-state index is 12.1. The number of aromatic nitrogens is 3. The Hall–Kier alpha value is -2.21. The molecule has 6 heteroatoms. The first kappa shape index (κ1) is 16.2. The molecule has 22 heavy (non-hydrogen) atoms. The number of carbonyl (C=O) groups excluding carboxylic acids is 1. The molecule has 2 heterocycles. The van der Waals surface area contributed by atoms with Crippen LogP contribution in [0.25, 0.3) is 0 Å². The maximum Gasteiger partial charge on any atom is 0.241 e. The van der Waals surface area contributed by atoms with Gasteiger partial charge in [0.15, 0.2) is 0 Å². The Kier molecular flexibility index (Phi) is 5.66. The number of unbranched alkanes of at least 4 members (excludes halogenated alkanes) is 1. The van der Waals surface area contributed by atoms with Crippen molar-refractivity contribution in [2.75, 3.05) is 6.54 Å². The predicted octanol–water partition coefficient (Wildman–Crippen LogP) is 1.56. The number of nitrogens with zero attached hydrogens (tertiary/aromatic N) is 2. The van der Waals surface area contributed by atoms with Gasteiger partial charge in [0, 0.05) is 29.7 Å². The Labute approximate surface area is 130 Å². The monoisotopic (exact) mass is 301 g/mol. The van der Waals surface area contributed by atoms with E-state index in [1.807, 2.05) is 32.0 Å². The van der Waals surface area contributed by atoms with Gasteiger partial charge in [-0.25, -0.2) is 0 Å². The van der Waals surface area contributed by atoms with Gasteiger partial charge in [0.05, 0.1) is 5.69 Å². The molecule has 1 atom stereocenters. The van der Waals surface area contributed by atoms with Crippen LogP contribution in [0.3, 0.4) is 0 Å². The number of pyridine rings is 1. The van der Waals surface area contributed by atoms with Crippen LogP contribution in [0.2, 0.25) is 0 Å². The highest BCUT2D eigenvalue weighted by molar-refractivity contribution is 5.83. The van der Waals surface area contributed by atoms with E-state index in [0.29, 0.717) is 6.54 Å². The van der Waals surface area contributed by atoms with E-state index in [2.05, 4.69) is 20.5 Å². The molecule has 2 aromatic rings. The van der Waals surface area contributed by atoms with Gasteiger partial charge in [-0.15, -0.1) is 0 Å². The molecule has 0 saturated heterocycles. The summed E-state index contributed by atoms with van der Waals surface area (Å²) in [5, 5.41) is 9.81. The largest absolute Gasteiger partial charge is 0.354 e. The highest BCUT2D eigenvalue weighted by atomic mass is 16.2. The number of nitrogens with two attached hydrogens (primary N) is 1. The van der Waals surface area contributed by atoms with Crippen molar-refractivity contribution >= 4 is 5.91 Å². The maximum absolute atomic E-state index is 12.1. The Morgan fingerprint density at radius 1 is 1.36 bits per heavy atom. The average molecular weight is 301 g/mol. The first-order chi connectivity index (χ1) is 10.6. The lowest BCUT2D eigenvalue weighted by molar-refractivity contribution is -0.122. The van der Waals surface area contributed by atoms with Crippen molar-refractivity contribution in [1.82, 2.24) is 20.5 Å². The number of carbonyl (C=O) groups is 1. The van der Waals surface area contributed by atoms with E-state index in [4.69, 9.17) is 5.73 Å². The minimum Gasteiger partial charge on any atom is -0.354 e. The molecule has 0 fully saturated rings. The van der Waals surface area contributed by atoms with Crippen LogP contribution >= 0.6 is 0 Å². The first-order valence-corrected chi connectivity index (χ1v) is 7.54. The summed E-state index contributed by atoms with van der Waals surface area (Å²) >= 11 is 0. The van der Waals surface area contributed by atoms with Gasteiger partial charge in [-0.2, -0.15) is 5.10 Å². The fourth-order valence-corrected chi connectivity index (χ4v) is 2.45. The fraction of sp³-hybridized carbons (Fsp3) is 0.438. The standard InChI is InChI=1S/C16H23N5O/c1-11-14(12(2)21-20-11)15(17)16(22)19-10-6-4-8-13-7-3-5-9-18-13/h3,5,7,9,15H,4,6,8,10,17H2,1-2H3,(H,19,22)(H,20,21)/t15-/m1/s1. The van der Waals surface area contributed by atoms with Crippen LogP contribution in [-0.4, -0.2) is 27.6 Å². The Morgan fingerprint density at radius 3 is 2.82 bits per heavy atom. The number of hydrogen-bond donors (Lipinski definition) is 3. The van der Waals surface area contributed by atoms with Gasteiger partial charge in [0.2, 0.25) is 5.91 Å². The molecule has 0 aliphatic rings. The van der Waals surface area contributed by atoms with E-state index < -0.39 is 6.04 Å². The third kappa shape index (κ3) is 4.14. The third-order valence-corrected chi connectivity index (χ3v) is 3.66. The van der Waals surface area contributed by atoms with Crippen LogP contribution in [0.1, 0.15) is 41.5 Å². The third-order valence-electron chi connectivity index (χ3n) is 3.66. The van der Waals surface area contributed by atoms with Crippen LogP contribution in [0, 0.1) is 13.8 Å². The molecule has 0 spiro atoms. The Bertz CT molecular complexity index is 589. The summed E-state index contributed by atoms with van der Waals surface area (Å²) < 4.78 is 0. The lowest BCUT2D eigenvalue weighted by Crippen LogP contribution is -2.35. The molecule has 6 nitrogen and oxygen atoms in total. The number of aromatic amines is 1. The normalized spacial score (nSPS) is 12.1. The number of H-pyrrole nitrogens is 1. The van der Waals surface area contributed by atoms with E-state index in [1.54, 1.807) is 6.20 Å². The minimum atomic E-state index is -0.672. The second kappa shape index (κ2) is 7.70. The number of aryl methyl sites for hydroxylation is 3. The van der Waals surface area contributed by atoms with Crippen molar-refractivity contribution in [2.45, 2.75) is 39.2 Å². The van der Waals surface area contributed by atoms with Crippen molar-refractivity contribution in [1.29, 1.82) is 0 Å². The van der Waals surface area contributed by atoms with Crippen LogP contribution in [0.15, 0.2) is 24.4 Å². The Morgan fingerprint density at radius 2 is 2.18 bits per heavy atom. The summed E-state index contributed by atoms with van der Waals surface area (Å²) in [5.41, 5.74) is 9.49. The van der Waals surface area contributed by atoms with Crippen molar-refractivity contribution in [3.8, 4) is 0 Å². The second-order valence-corrected chi connectivity index (χ2v) is 5.39. The predicted molar refractivity (Wildman–Crippen MR) is 85.2 cm³/mol. The zero-order chi connectivity index (χ0) is 15.9. The molecule has 4 N–H and O–H groups in total. The van der Waals surface area contributed by atoms with Crippen LogP contribution in [0.5, 0.6) is 0 Å². The van der Waals surface area contributed by atoms with E-state index in [-0.39, 0.29) is 5.91 Å². The average Bonchev–Trinajstić information content (AvgIpc) is 2.86. The van der Waals surface area contributed by atoms with Crippen LogP contribution in [-0.2, 0) is 11.2 Å². The zero-order valence-electron chi connectivity index (χ0n) is 13.1. The van der Waals surface area contributed by atoms with Gasteiger partial charge in [0.25, 0.3) is 0 Å². The molecule has 0 radical (unpaired) electrons. The summed E-state index contributed by atoms with van der Waals surface area (Å²) in [6, 6.07) is 5.23. The minimum absolute atomic E-state index is 0.162. The summed E-state index contributed by atoms with van der Waals surface area (Å²) in [7, 11) is 0. The molecule has 118 valence electrons. The molecule has 0 bridgehead atoms. The molecule has 0 saturated carbocycles. The number of rotatable bonds is 7. The van der Waals surface area contributed by atoms with E-state index >= 15 is 0 Å². The van der Waals surface area contributed by atoms with Gasteiger partial charge >= 0.3 is 0 Å². The molecule has 0 unspecified atom stereocenters. The Balaban J connectivity index is 1.72. The molecule has 0 aliphatic heterocycles. The number of nitrogens with one attached hydrogen (secondary N) is 2. The van der Waals surface area contributed by atoms with E-state index in [1.165, 1.54) is 0 Å². The summed E-state index contributed by atoms with van der Waals surface area (Å²) in [6.45, 7) is 4.34. The van der Waals surface area contributed by atoms with Crippen LogP contribution in [0.4, 0.5) is 0 Å². The number of hydrogen-bond acceptors (Lipinski definition) is 4. The molecule has 0 aliphatic carbocycles. The van der Waals surface area contributed by atoms with Crippen LogP contribution < -0.4 is 11.1 Å². The van der Waals surface area contributed by atoms with Crippen molar-refractivity contribution < 1.29 is 4.79 Å². The van der Waals surface area contributed by atoms with Gasteiger partial charge in [-0.1, -0.05) is 6.07 Å². The van der Waals surface area contributed by atoms with Crippen molar-refractivity contribution in [2.24, 2.45) is 5.73 Å². The van der Waals surface area contributed by atoms with E-state index in [9.17, 15) is 4.79 Å². The van der Waals surface area contributed by atoms with Gasteiger partial charge in [0.1, 0.15) is 6.04 Å². The summed E-state index contributed by atoms with van der Waals surface area (Å²) in [5.74, 6) is -0.162. The topological polar surface area (TPSA) is 96.7 Å². The highest BCUT2D eigenvalue weighted by Crippen LogP contribution is 2.17. The quantitative estimate of drug-likeness (QED) is 0.676. The van der Waals surface area contributed by atoms with Crippen molar-refractivity contribution in [3.63, 3.8) is 0 Å². The smallest absolute Gasteiger partial charge is 0.241 e. The lowest BCUT2D eigenvalue weighted by Gasteiger charge is -2.12. The molecule has 1 amide bonds. The molecular formula is C16H23N5O. The van der Waals surface area contributed by atoms with Crippen molar-refractivity contribution in [3.05, 3.63) is 47.0 Å². The molecular weight excluding hydrogens is 278 g/mol. The fourth-order valence-electron chi connectivity index (χ4n) is 2.45. The first-order valence-electron chi connectivity index (χ1n) is 7.54. The van der Waals surface area contributed by atoms with E-state index in [0.717, 1.165) is 41.9 Å². The van der Waals surface area contributed by atoms with Gasteiger partial charge in [-0.3, -0.25) is 14.9 Å². The van der Waals surface area contributed by atoms with Gasteiger partial charge < -0.3 is 11.1 Å². The molecule has 2 rings (SSSR count). The SMILES string of the molecule is Cc1n[nH]c(C)c1[C@@H](N)C(=O)NCCCCc1ccccn1. The zero-order valence-corrected chi connectivity index (χ0v) is 13.1. The molecule has 2 aromatic heterocycles.